The number of aliphatic hydroxyl groups is 2. The minimum Gasteiger partial charge on any atom is -0.460 e. The molecule has 0 radical (unpaired) electrons. The minimum absolute atomic E-state index is 0.0465. The summed E-state index contributed by atoms with van der Waals surface area (Å²) in [4.78, 5) is 10.1. The van der Waals surface area contributed by atoms with Crippen molar-refractivity contribution in [3.05, 3.63) is 12.7 Å². The molecule has 0 rings (SSSR count). The number of carbonyl (C=O) groups excluding carboxylic acids is 1. The Morgan fingerprint density at radius 2 is 1.93 bits per heavy atom. The summed E-state index contributed by atoms with van der Waals surface area (Å²) in [7, 11) is 0. The fourth-order valence-corrected chi connectivity index (χ4v) is 0.744. The molecule has 0 saturated carbocycles. The lowest BCUT2D eigenvalue weighted by atomic mass is 10.2. The largest absolute Gasteiger partial charge is 0.460 e. The van der Waals surface area contributed by atoms with Crippen LogP contribution in [0.3, 0.4) is 0 Å². The molecule has 0 aromatic carbocycles. The standard InChI is InChI=1S/C6H14O.C5H8O3/c1-2-3-4-5-6-7;1-2-5(7)8-4-3-6/h7H,2-6H2,1H3;2,6H,1,3-4H2. The Kier molecular flexibility index (Phi) is 17.2. The number of hydrogen-bond acceptors (Lipinski definition) is 4. The summed E-state index contributed by atoms with van der Waals surface area (Å²) in [6.45, 7) is 5.59. The van der Waals surface area contributed by atoms with Crippen LogP contribution in [0.5, 0.6) is 0 Å². The summed E-state index contributed by atoms with van der Waals surface area (Å²) >= 11 is 0. The maximum absolute atomic E-state index is 10.1. The Morgan fingerprint density at radius 3 is 2.33 bits per heavy atom. The van der Waals surface area contributed by atoms with Crippen molar-refractivity contribution < 1.29 is 19.7 Å². The Hall–Kier alpha value is -0.870. The molecule has 2 N–H and O–H groups in total. The van der Waals surface area contributed by atoms with Crippen LogP contribution in [-0.2, 0) is 9.53 Å². The Balaban J connectivity index is 0. The van der Waals surface area contributed by atoms with E-state index < -0.39 is 5.97 Å². The van der Waals surface area contributed by atoms with Gasteiger partial charge in [-0.1, -0.05) is 32.8 Å². The van der Waals surface area contributed by atoms with Crippen molar-refractivity contribution in [1.29, 1.82) is 0 Å². The SMILES string of the molecule is C=CC(=O)OCCO.CCCCCCO. The molecule has 15 heavy (non-hydrogen) atoms. The molecule has 4 nitrogen and oxygen atoms in total. The van der Waals surface area contributed by atoms with Crippen molar-refractivity contribution >= 4 is 5.97 Å². The maximum atomic E-state index is 10.1. The summed E-state index contributed by atoms with van der Waals surface area (Å²) in [5, 5.41) is 16.4. The molecule has 0 heterocycles. The molecule has 0 spiro atoms. The Bertz CT molecular complexity index is 142. The highest BCUT2D eigenvalue weighted by Crippen LogP contribution is 1.96. The van der Waals surface area contributed by atoms with E-state index in [2.05, 4.69) is 18.2 Å². The van der Waals surface area contributed by atoms with Crippen LogP contribution in [0, 0.1) is 0 Å². The third kappa shape index (κ3) is 19.5. The monoisotopic (exact) mass is 218 g/mol. The van der Waals surface area contributed by atoms with Crippen LogP contribution in [0.1, 0.15) is 32.6 Å². The highest BCUT2D eigenvalue weighted by molar-refractivity contribution is 5.81. The molecular formula is C11H22O4. The average Bonchev–Trinajstić information content (AvgIpc) is 2.27. The molecule has 0 unspecified atom stereocenters. The average molecular weight is 218 g/mol. The van der Waals surface area contributed by atoms with E-state index in [1.165, 1.54) is 19.3 Å². The fraction of sp³-hybridized carbons (Fsp3) is 0.727. The van der Waals surface area contributed by atoms with E-state index in [4.69, 9.17) is 10.2 Å². The van der Waals surface area contributed by atoms with Gasteiger partial charge in [0.05, 0.1) is 6.61 Å². The third-order valence-corrected chi connectivity index (χ3v) is 1.51. The summed E-state index contributed by atoms with van der Waals surface area (Å²) in [6, 6.07) is 0. The quantitative estimate of drug-likeness (QED) is 0.383. The van der Waals surface area contributed by atoms with Crippen LogP contribution in [0.25, 0.3) is 0 Å². The predicted octanol–water partition coefficient (Wildman–Crippen LogP) is 1.27. The second kappa shape index (κ2) is 15.6. The second-order valence-electron chi connectivity index (χ2n) is 2.88. The number of aliphatic hydroxyl groups excluding tert-OH is 2. The Labute approximate surface area is 91.6 Å². The molecular weight excluding hydrogens is 196 g/mol. The van der Waals surface area contributed by atoms with Crippen LogP contribution in [0.15, 0.2) is 12.7 Å². The maximum Gasteiger partial charge on any atom is 0.330 e. The number of ether oxygens (including phenoxy) is 1. The normalized spacial score (nSPS) is 8.73. The van der Waals surface area contributed by atoms with Crippen molar-refractivity contribution in [3.8, 4) is 0 Å². The lowest BCUT2D eigenvalue weighted by molar-refractivity contribution is -0.138. The zero-order valence-corrected chi connectivity index (χ0v) is 9.45. The lowest BCUT2D eigenvalue weighted by Crippen LogP contribution is -2.04. The van der Waals surface area contributed by atoms with E-state index in [1.54, 1.807) is 0 Å². The zero-order valence-electron chi connectivity index (χ0n) is 9.45. The van der Waals surface area contributed by atoms with Gasteiger partial charge in [0.1, 0.15) is 6.61 Å². The molecule has 0 aliphatic carbocycles. The van der Waals surface area contributed by atoms with Gasteiger partial charge in [-0.05, 0) is 6.42 Å². The topological polar surface area (TPSA) is 66.8 Å². The van der Waals surface area contributed by atoms with Crippen molar-refractivity contribution in [3.63, 3.8) is 0 Å². The fourth-order valence-electron chi connectivity index (χ4n) is 0.744. The molecule has 0 aromatic heterocycles. The third-order valence-electron chi connectivity index (χ3n) is 1.51. The van der Waals surface area contributed by atoms with Gasteiger partial charge in [0.2, 0.25) is 0 Å². The Morgan fingerprint density at radius 1 is 1.27 bits per heavy atom. The molecule has 0 amide bonds. The van der Waals surface area contributed by atoms with Gasteiger partial charge < -0.3 is 14.9 Å². The molecule has 0 aliphatic rings. The predicted molar refractivity (Wildman–Crippen MR) is 59.5 cm³/mol. The summed E-state index contributed by atoms with van der Waals surface area (Å²) < 4.78 is 4.33. The van der Waals surface area contributed by atoms with E-state index in [-0.39, 0.29) is 13.2 Å². The summed E-state index contributed by atoms with van der Waals surface area (Å²) in [5.74, 6) is -0.501. The van der Waals surface area contributed by atoms with Crippen molar-refractivity contribution in [2.24, 2.45) is 0 Å². The van der Waals surface area contributed by atoms with E-state index in [0.29, 0.717) is 6.61 Å². The first kappa shape index (κ1) is 16.6. The molecule has 0 fully saturated rings. The highest BCUT2D eigenvalue weighted by atomic mass is 16.5. The first-order valence-corrected chi connectivity index (χ1v) is 5.23. The van der Waals surface area contributed by atoms with Gasteiger partial charge in [-0.15, -0.1) is 0 Å². The van der Waals surface area contributed by atoms with Crippen LogP contribution in [0.4, 0.5) is 0 Å². The van der Waals surface area contributed by atoms with Gasteiger partial charge in [0, 0.05) is 12.7 Å². The van der Waals surface area contributed by atoms with Gasteiger partial charge in [0.25, 0.3) is 0 Å². The molecule has 4 heteroatoms. The van der Waals surface area contributed by atoms with Crippen LogP contribution >= 0.6 is 0 Å². The van der Waals surface area contributed by atoms with Gasteiger partial charge in [-0.3, -0.25) is 0 Å². The first-order chi connectivity index (χ1) is 7.22. The van der Waals surface area contributed by atoms with E-state index in [9.17, 15) is 4.79 Å². The molecule has 90 valence electrons. The number of carbonyl (C=O) groups is 1. The highest BCUT2D eigenvalue weighted by Gasteiger charge is 1.90. The van der Waals surface area contributed by atoms with Gasteiger partial charge >= 0.3 is 5.97 Å². The number of unbranched alkanes of at least 4 members (excludes halogenated alkanes) is 3. The van der Waals surface area contributed by atoms with E-state index in [0.717, 1.165) is 12.5 Å². The number of rotatable bonds is 7. The minimum atomic E-state index is -0.501. The molecule has 0 bridgehead atoms. The molecule has 0 atom stereocenters. The van der Waals surface area contributed by atoms with Gasteiger partial charge in [0.15, 0.2) is 0 Å². The van der Waals surface area contributed by atoms with E-state index in [1.807, 2.05) is 0 Å². The zero-order chi connectivity index (χ0) is 11.9. The molecule has 0 saturated heterocycles. The van der Waals surface area contributed by atoms with Crippen molar-refractivity contribution in [2.45, 2.75) is 32.6 Å². The molecule has 0 aliphatic heterocycles. The summed E-state index contributed by atoms with van der Waals surface area (Å²) in [5.41, 5.74) is 0. The van der Waals surface area contributed by atoms with Crippen LogP contribution < -0.4 is 0 Å². The van der Waals surface area contributed by atoms with Crippen molar-refractivity contribution in [1.82, 2.24) is 0 Å². The van der Waals surface area contributed by atoms with Gasteiger partial charge in [-0.2, -0.15) is 0 Å². The van der Waals surface area contributed by atoms with E-state index >= 15 is 0 Å². The number of hydrogen-bond donors (Lipinski definition) is 2. The van der Waals surface area contributed by atoms with Crippen LogP contribution in [-0.4, -0.2) is 36.0 Å². The van der Waals surface area contributed by atoms with Crippen molar-refractivity contribution in [2.75, 3.05) is 19.8 Å². The molecule has 0 aromatic rings. The van der Waals surface area contributed by atoms with Gasteiger partial charge in [-0.25, -0.2) is 4.79 Å². The first-order valence-electron chi connectivity index (χ1n) is 5.23. The second-order valence-corrected chi connectivity index (χ2v) is 2.88. The lowest BCUT2D eigenvalue weighted by Gasteiger charge is -1.94. The number of esters is 1. The smallest absolute Gasteiger partial charge is 0.330 e. The summed E-state index contributed by atoms with van der Waals surface area (Å²) in [6.07, 6.45) is 5.73. The van der Waals surface area contributed by atoms with Crippen LogP contribution in [0.2, 0.25) is 0 Å².